The summed E-state index contributed by atoms with van der Waals surface area (Å²) >= 11 is 0. The average molecular weight is 326 g/mol. The van der Waals surface area contributed by atoms with Gasteiger partial charge in [0.15, 0.2) is 5.65 Å². The predicted octanol–water partition coefficient (Wildman–Crippen LogP) is 1.61. The topological polar surface area (TPSA) is 71.5 Å². The second-order valence-electron chi connectivity index (χ2n) is 6.61. The largest absolute Gasteiger partial charge is 0.387 e. The van der Waals surface area contributed by atoms with Crippen LogP contribution in [0.5, 0.6) is 0 Å². The van der Waals surface area contributed by atoms with Crippen LogP contribution in [0.4, 0.5) is 0 Å². The summed E-state index contributed by atoms with van der Waals surface area (Å²) in [4.78, 5) is 7.03. The number of hydrogen-bond donors (Lipinski definition) is 1. The van der Waals surface area contributed by atoms with Crippen LogP contribution in [0.3, 0.4) is 0 Å². The van der Waals surface area contributed by atoms with Gasteiger partial charge >= 0.3 is 0 Å². The van der Waals surface area contributed by atoms with Gasteiger partial charge in [-0.3, -0.25) is 9.58 Å². The summed E-state index contributed by atoms with van der Waals surface area (Å²) in [6, 6.07) is 4.04. The number of aliphatic hydroxyl groups is 1. The SMILES string of the molecule is Cc1cc(C)n2ncc(CN3CCn4nc([C@H](C)O)cc4C3)c2n1. The molecule has 24 heavy (non-hydrogen) atoms. The smallest absolute Gasteiger partial charge is 0.159 e. The van der Waals surface area contributed by atoms with Gasteiger partial charge in [-0.05, 0) is 32.9 Å². The number of aryl methyl sites for hydroxylation is 2. The Labute approximate surface area is 140 Å². The molecular formula is C17H22N6O. The molecule has 3 aromatic rings. The van der Waals surface area contributed by atoms with E-state index in [4.69, 9.17) is 0 Å². The molecule has 0 aromatic carbocycles. The highest BCUT2D eigenvalue weighted by Gasteiger charge is 2.21. The normalized spacial score (nSPS) is 16.5. The van der Waals surface area contributed by atoms with Gasteiger partial charge in [-0.1, -0.05) is 0 Å². The van der Waals surface area contributed by atoms with Gasteiger partial charge in [-0.15, -0.1) is 0 Å². The highest BCUT2D eigenvalue weighted by Crippen LogP contribution is 2.21. The van der Waals surface area contributed by atoms with Crippen molar-refractivity contribution in [3.05, 3.63) is 46.7 Å². The van der Waals surface area contributed by atoms with Crippen LogP contribution >= 0.6 is 0 Å². The molecule has 0 radical (unpaired) electrons. The number of nitrogens with zero attached hydrogens (tertiary/aromatic N) is 6. The third-order valence-electron chi connectivity index (χ3n) is 4.57. The average Bonchev–Trinajstić information content (AvgIpc) is 3.11. The molecule has 4 rings (SSSR count). The Balaban J connectivity index is 1.58. The lowest BCUT2D eigenvalue weighted by atomic mass is 10.2. The fourth-order valence-corrected chi connectivity index (χ4v) is 3.35. The van der Waals surface area contributed by atoms with Crippen LogP contribution in [0.2, 0.25) is 0 Å². The molecule has 0 saturated carbocycles. The first-order valence-electron chi connectivity index (χ1n) is 8.29. The molecular weight excluding hydrogens is 304 g/mol. The summed E-state index contributed by atoms with van der Waals surface area (Å²) in [5.74, 6) is 0. The Morgan fingerprint density at radius 1 is 1.25 bits per heavy atom. The first-order chi connectivity index (χ1) is 11.5. The summed E-state index contributed by atoms with van der Waals surface area (Å²) in [5.41, 5.74) is 6.09. The van der Waals surface area contributed by atoms with Crippen molar-refractivity contribution in [2.24, 2.45) is 0 Å². The van der Waals surface area contributed by atoms with E-state index in [0.717, 1.165) is 60.2 Å². The standard InChI is InChI=1S/C17H22N6O/c1-11-6-12(2)23-17(19-11)14(8-18-23)9-21-4-5-22-15(10-21)7-16(20-22)13(3)24/h6-8,13,24H,4-5,9-10H2,1-3H3/t13-/m0/s1. The van der Waals surface area contributed by atoms with Gasteiger partial charge in [0.2, 0.25) is 0 Å². The van der Waals surface area contributed by atoms with E-state index >= 15 is 0 Å². The Kier molecular flexibility index (Phi) is 3.62. The van der Waals surface area contributed by atoms with E-state index in [1.54, 1.807) is 6.92 Å². The number of rotatable bonds is 3. The van der Waals surface area contributed by atoms with Crippen molar-refractivity contribution in [3.63, 3.8) is 0 Å². The van der Waals surface area contributed by atoms with Gasteiger partial charge in [-0.25, -0.2) is 9.50 Å². The fraction of sp³-hybridized carbons (Fsp3) is 0.471. The maximum absolute atomic E-state index is 9.71. The van der Waals surface area contributed by atoms with Crippen molar-refractivity contribution >= 4 is 5.65 Å². The van der Waals surface area contributed by atoms with E-state index in [0.29, 0.717) is 0 Å². The molecule has 0 amide bonds. The maximum atomic E-state index is 9.71. The molecule has 0 bridgehead atoms. The third kappa shape index (κ3) is 2.59. The maximum Gasteiger partial charge on any atom is 0.159 e. The van der Waals surface area contributed by atoms with Crippen LogP contribution in [0.1, 0.15) is 41.4 Å². The molecule has 7 nitrogen and oxygen atoms in total. The van der Waals surface area contributed by atoms with Crippen molar-refractivity contribution in [1.29, 1.82) is 0 Å². The van der Waals surface area contributed by atoms with E-state index < -0.39 is 6.10 Å². The lowest BCUT2D eigenvalue weighted by Crippen LogP contribution is -2.33. The molecule has 0 fully saturated rings. The number of aliphatic hydroxyl groups excluding tert-OH is 1. The van der Waals surface area contributed by atoms with Crippen LogP contribution in [-0.2, 0) is 19.6 Å². The molecule has 1 aliphatic rings. The quantitative estimate of drug-likeness (QED) is 0.792. The van der Waals surface area contributed by atoms with Crippen molar-refractivity contribution in [2.75, 3.05) is 6.54 Å². The molecule has 7 heteroatoms. The summed E-state index contributed by atoms with van der Waals surface area (Å²) in [7, 11) is 0. The van der Waals surface area contributed by atoms with Crippen LogP contribution in [0, 0.1) is 13.8 Å². The van der Waals surface area contributed by atoms with Gasteiger partial charge in [0.05, 0.1) is 30.2 Å². The molecule has 3 aromatic heterocycles. The molecule has 1 aliphatic heterocycles. The zero-order valence-electron chi connectivity index (χ0n) is 14.3. The summed E-state index contributed by atoms with van der Waals surface area (Å²) in [6.45, 7) is 9.22. The number of aromatic nitrogens is 5. The minimum Gasteiger partial charge on any atom is -0.387 e. The van der Waals surface area contributed by atoms with Crippen molar-refractivity contribution in [1.82, 2.24) is 29.3 Å². The molecule has 0 spiro atoms. The lowest BCUT2D eigenvalue weighted by Gasteiger charge is -2.27. The van der Waals surface area contributed by atoms with Gasteiger partial charge in [0, 0.05) is 36.6 Å². The first-order valence-corrected chi connectivity index (χ1v) is 8.29. The Hall–Kier alpha value is -2.25. The molecule has 1 N–H and O–H groups in total. The molecule has 1 atom stereocenters. The molecule has 0 aliphatic carbocycles. The van der Waals surface area contributed by atoms with Gasteiger partial charge in [-0.2, -0.15) is 10.2 Å². The number of hydrogen-bond acceptors (Lipinski definition) is 5. The van der Waals surface area contributed by atoms with Crippen LogP contribution < -0.4 is 0 Å². The van der Waals surface area contributed by atoms with Gasteiger partial charge in [0.25, 0.3) is 0 Å². The summed E-state index contributed by atoms with van der Waals surface area (Å²) in [5, 5.41) is 18.6. The highest BCUT2D eigenvalue weighted by molar-refractivity contribution is 5.47. The Morgan fingerprint density at radius 3 is 2.88 bits per heavy atom. The molecule has 126 valence electrons. The Morgan fingerprint density at radius 2 is 2.08 bits per heavy atom. The van der Waals surface area contributed by atoms with E-state index in [1.165, 1.54) is 0 Å². The number of fused-ring (bicyclic) bond motifs is 2. The zero-order chi connectivity index (χ0) is 16.8. The van der Waals surface area contributed by atoms with Crippen molar-refractivity contribution in [2.45, 2.75) is 46.5 Å². The van der Waals surface area contributed by atoms with E-state index in [2.05, 4.69) is 27.0 Å². The minimum absolute atomic E-state index is 0.522. The summed E-state index contributed by atoms with van der Waals surface area (Å²) in [6.07, 6.45) is 1.40. The monoisotopic (exact) mass is 326 g/mol. The van der Waals surface area contributed by atoms with Crippen LogP contribution in [0.15, 0.2) is 18.3 Å². The second-order valence-corrected chi connectivity index (χ2v) is 6.61. The lowest BCUT2D eigenvalue weighted by molar-refractivity contribution is 0.189. The second kappa shape index (κ2) is 5.68. The predicted molar refractivity (Wildman–Crippen MR) is 89.4 cm³/mol. The van der Waals surface area contributed by atoms with E-state index in [1.807, 2.05) is 34.5 Å². The zero-order valence-corrected chi connectivity index (χ0v) is 14.3. The molecule has 0 saturated heterocycles. The van der Waals surface area contributed by atoms with Crippen LogP contribution in [-0.4, -0.2) is 40.9 Å². The summed E-state index contributed by atoms with van der Waals surface area (Å²) < 4.78 is 3.91. The van der Waals surface area contributed by atoms with Crippen molar-refractivity contribution in [3.8, 4) is 0 Å². The van der Waals surface area contributed by atoms with Crippen LogP contribution in [0.25, 0.3) is 5.65 Å². The first kappa shape index (κ1) is 15.3. The Bertz CT molecular complexity index is 894. The van der Waals surface area contributed by atoms with Gasteiger partial charge < -0.3 is 5.11 Å². The molecule has 0 unspecified atom stereocenters. The fourth-order valence-electron chi connectivity index (χ4n) is 3.35. The highest BCUT2D eigenvalue weighted by atomic mass is 16.3. The molecule has 4 heterocycles. The van der Waals surface area contributed by atoms with E-state index in [-0.39, 0.29) is 0 Å². The van der Waals surface area contributed by atoms with Crippen molar-refractivity contribution < 1.29 is 5.11 Å². The van der Waals surface area contributed by atoms with E-state index in [9.17, 15) is 5.11 Å². The van der Waals surface area contributed by atoms with Gasteiger partial charge in [0.1, 0.15) is 0 Å². The third-order valence-corrected chi connectivity index (χ3v) is 4.57. The minimum atomic E-state index is -0.522.